The van der Waals surface area contributed by atoms with Crippen molar-refractivity contribution in [1.82, 2.24) is 0 Å². The molecular weight excluding hydrogens is 320 g/mol. The Bertz CT molecular complexity index is 512. The third-order valence-electron chi connectivity index (χ3n) is 2.45. The lowest BCUT2D eigenvalue weighted by atomic mass is 9.98. The van der Waals surface area contributed by atoms with E-state index in [4.69, 9.17) is 10.00 Å². The minimum atomic E-state index is -2.76. The number of rotatable bonds is 5. The van der Waals surface area contributed by atoms with Crippen molar-refractivity contribution < 1.29 is 18.3 Å². The lowest BCUT2D eigenvalue weighted by Gasteiger charge is -2.10. The summed E-state index contributed by atoms with van der Waals surface area (Å²) in [7, 11) is 0. The van der Waals surface area contributed by atoms with Crippen molar-refractivity contribution >= 4 is 21.9 Å². The molecule has 0 aliphatic rings. The van der Waals surface area contributed by atoms with E-state index in [1.807, 2.05) is 0 Å². The van der Waals surface area contributed by atoms with E-state index in [-0.39, 0.29) is 29.5 Å². The summed E-state index contributed by atoms with van der Waals surface area (Å²) in [6, 6.07) is 4.53. The molecule has 19 heavy (non-hydrogen) atoms. The van der Waals surface area contributed by atoms with E-state index in [0.29, 0.717) is 11.1 Å². The summed E-state index contributed by atoms with van der Waals surface area (Å²) < 4.78 is 30.6. The Labute approximate surface area is 118 Å². The van der Waals surface area contributed by atoms with E-state index in [1.54, 1.807) is 19.1 Å². The monoisotopic (exact) mass is 331 g/mol. The molecule has 0 atom stereocenters. The second-order valence-corrected chi connectivity index (χ2v) is 4.31. The first kappa shape index (κ1) is 15.6. The van der Waals surface area contributed by atoms with E-state index in [0.717, 1.165) is 0 Å². The maximum atomic E-state index is 12.9. The Kier molecular flexibility index (Phi) is 5.90. The molecule has 0 spiro atoms. The summed E-state index contributed by atoms with van der Waals surface area (Å²) in [5.74, 6) is -0.479. The van der Waals surface area contributed by atoms with Crippen LogP contribution in [0.1, 0.15) is 35.6 Å². The molecule has 0 aliphatic carbocycles. The minimum Gasteiger partial charge on any atom is -0.466 e. The molecule has 0 amide bonds. The zero-order valence-corrected chi connectivity index (χ0v) is 11.8. The maximum absolute atomic E-state index is 12.9. The second kappa shape index (κ2) is 7.19. The Morgan fingerprint density at radius 2 is 2.21 bits per heavy atom. The molecule has 0 radical (unpaired) electrons. The third kappa shape index (κ3) is 4.00. The van der Waals surface area contributed by atoms with Crippen molar-refractivity contribution in [3.05, 3.63) is 34.4 Å². The fraction of sp³-hybridized carbons (Fsp3) is 0.385. The molecule has 0 bridgehead atoms. The molecule has 1 aromatic carbocycles. The van der Waals surface area contributed by atoms with Crippen LogP contribution in [0.5, 0.6) is 0 Å². The Balaban J connectivity index is 3.18. The molecule has 102 valence electrons. The van der Waals surface area contributed by atoms with Crippen molar-refractivity contribution in [3.63, 3.8) is 0 Å². The van der Waals surface area contributed by atoms with Gasteiger partial charge >= 0.3 is 5.97 Å². The van der Waals surface area contributed by atoms with Gasteiger partial charge in [-0.3, -0.25) is 4.79 Å². The molecular formula is C13H12BrF2NO2. The summed E-state index contributed by atoms with van der Waals surface area (Å²) in [5, 5.41) is 9.21. The second-order valence-electron chi connectivity index (χ2n) is 3.75. The number of hydrogen-bond donors (Lipinski definition) is 0. The van der Waals surface area contributed by atoms with Crippen LogP contribution in [0.2, 0.25) is 0 Å². The van der Waals surface area contributed by atoms with Gasteiger partial charge in [-0.25, -0.2) is 8.78 Å². The molecule has 0 saturated carbocycles. The van der Waals surface area contributed by atoms with Gasteiger partial charge in [-0.2, -0.15) is 5.26 Å². The van der Waals surface area contributed by atoms with Crippen LogP contribution in [0.4, 0.5) is 8.78 Å². The predicted octanol–water partition coefficient (Wildman–Crippen LogP) is 3.50. The van der Waals surface area contributed by atoms with Gasteiger partial charge in [-0.15, -0.1) is 0 Å². The van der Waals surface area contributed by atoms with Gasteiger partial charge in [0.15, 0.2) is 0 Å². The van der Waals surface area contributed by atoms with Crippen LogP contribution in [0.15, 0.2) is 12.1 Å². The van der Waals surface area contributed by atoms with Crippen molar-refractivity contribution in [3.8, 4) is 6.07 Å². The number of nitriles is 1. The Morgan fingerprint density at radius 1 is 1.53 bits per heavy atom. The van der Waals surface area contributed by atoms with Crippen LogP contribution in [0.3, 0.4) is 0 Å². The smallest absolute Gasteiger partial charge is 0.310 e. The summed E-state index contributed by atoms with van der Waals surface area (Å²) in [5.41, 5.74) is 0.472. The van der Waals surface area contributed by atoms with Gasteiger partial charge in [0.25, 0.3) is 6.43 Å². The first-order valence-corrected chi connectivity index (χ1v) is 6.71. The van der Waals surface area contributed by atoms with Crippen molar-refractivity contribution in [2.45, 2.75) is 25.1 Å². The molecule has 1 rings (SSSR count). The van der Waals surface area contributed by atoms with Crippen molar-refractivity contribution in [1.29, 1.82) is 5.26 Å². The Hall–Kier alpha value is -1.48. The molecule has 0 aromatic heterocycles. The van der Waals surface area contributed by atoms with Gasteiger partial charge in [-0.05, 0) is 24.1 Å². The largest absolute Gasteiger partial charge is 0.466 e. The SMILES string of the molecule is CCOC(=O)Cc1cc(CBr)c(C#N)c(C(F)F)c1. The zero-order valence-electron chi connectivity index (χ0n) is 10.3. The third-order valence-corrected chi connectivity index (χ3v) is 3.06. The van der Waals surface area contributed by atoms with Crippen molar-refractivity contribution in [2.75, 3.05) is 6.61 Å². The van der Waals surface area contributed by atoms with E-state index >= 15 is 0 Å². The first-order chi connectivity index (χ1) is 9.03. The van der Waals surface area contributed by atoms with Crippen LogP contribution in [-0.4, -0.2) is 12.6 Å². The van der Waals surface area contributed by atoms with E-state index in [1.165, 1.54) is 6.07 Å². The minimum absolute atomic E-state index is 0.0421. The number of carbonyl (C=O) groups is 1. The fourth-order valence-electron chi connectivity index (χ4n) is 1.69. The molecule has 0 aliphatic heterocycles. The fourth-order valence-corrected chi connectivity index (χ4v) is 2.13. The highest BCUT2D eigenvalue weighted by Gasteiger charge is 2.18. The normalized spacial score (nSPS) is 10.3. The molecule has 0 unspecified atom stereocenters. The molecule has 0 heterocycles. The summed E-state index contributed by atoms with van der Waals surface area (Å²) in [6.45, 7) is 1.91. The van der Waals surface area contributed by atoms with Gasteiger partial charge in [0.2, 0.25) is 0 Å². The van der Waals surface area contributed by atoms with E-state index in [9.17, 15) is 13.6 Å². The lowest BCUT2D eigenvalue weighted by molar-refractivity contribution is -0.142. The number of ether oxygens (including phenoxy) is 1. The number of hydrogen-bond acceptors (Lipinski definition) is 3. The standard InChI is InChI=1S/C13H12BrF2NO2/c1-2-19-12(18)5-8-3-9(6-14)11(7-17)10(4-8)13(15)16/h3-4,13H,2,5-6H2,1H3. The number of nitrogens with zero attached hydrogens (tertiary/aromatic N) is 1. The highest BCUT2D eigenvalue weighted by atomic mass is 79.9. The highest BCUT2D eigenvalue weighted by Crippen LogP contribution is 2.28. The topological polar surface area (TPSA) is 50.1 Å². The molecule has 0 N–H and O–H groups in total. The average molecular weight is 332 g/mol. The van der Waals surface area contributed by atoms with Crippen LogP contribution in [0.25, 0.3) is 0 Å². The number of halogens is 3. The summed E-state index contributed by atoms with van der Waals surface area (Å²) in [4.78, 5) is 11.4. The maximum Gasteiger partial charge on any atom is 0.310 e. The van der Waals surface area contributed by atoms with Crippen LogP contribution in [0, 0.1) is 11.3 Å². The molecule has 6 heteroatoms. The number of carbonyl (C=O) groups excluding carboxylic acids is 1. The molecule has 0 fully saturated rings. The van der Waals surface area contributed by atoms with Crippen LogP contribution >= 0.6 is 15.9 Å². The van der Waals surface area contributed by atoms with Gasteiger partial charge < -0.3 is 4.74 Å². The zero-order chi connectivity index (χ0) is 14.4. The van der Waals surface area contributed by atoms with Crippen LogP contribution < -0.4 is 0 Å². The number of alkyl halides is 3. The van der Waals surface area contributed by atoms with E-state index in [2.05, 4.69) is 15.9 Å². The molecule has 1 aromatic rings. The molecule has 3 nitrogen and oxygen atoms in total. The predicted molar refractivity (Wildman–Crippen MR) is 69.1 cm³/mol. The van der Waals surface area contributed by atoms with Crippen molar-refractivity contribution in [2.24, 2.45) is 0 Å². The quantitative estimate of drug-likeness (QED) is 0.613. The van der Waals surface area contributed by atoms with E-state index < -0.39 is 12.4 Å². The first-order valence-electron chi connectivity index (χ1n) is 5.59. The highest BCUT2D eigenvalue weighted by molar-refractivity contribution is 9.08. The van der Waals surface area contributed by atoms with Crippen LogP contribution in [-0.2, 0) is 21.3 Å². The van der Waals surface area contributed by atoms with Gasteiger partial charge in [-0.1, -0.05) is 22.0 Å². The summed E-state index contributed by atoms with van der Waals surface area (Å²) >= 11 is 3.15. The van der Waals surface area contributed by atoms with Gasteiger partial charge in [0.1, 0.15) is 0 Å². The van der Waals surface area contributed by atoms with Gasteiger partial charge in [0, 0.05) is 10.9 Å². The summed E-state index contributed by atoms with van der Waals surface area (Å²) in [6.07, 6.45) is -2.84. The van der Waals surface area contributed by atoms with Gasteiger partial charge in [0.05, 0.1) is 24.7 Å². The number of benzene rings is 1. The average Bonchev–Trinajstić information content (AvgIpc) is 2.37. The lowest BCUT2D eigenvalue weighted by Crippen LogP contribution is -2.09. The molecule has 0 saturated heterocycles. The number of esters is 1. The Morgan fingerprint density at radius 3 is 2.68 bits per heavy atom.